The van der Waals surface area contributed by atoms with Crippen LogP contribution in [0.2, 0.25) is 0 Å². The third-order valence-corrected chi connectivity index (χ3v) is 14.7. The number of ketones is 1. The van der Waals surface area contributed by atoms with Gasteiger partial charge in [-0.05, 0) is 135 Å². The van der Waals surface area contributed by atoms with Crippen LogP contribution in [0.5, 0.6) is 0 Å². The number of imidazole rings is 1. The molecule has 0 saturated carbocycles. The average molecular weight is 898 g/mol. The van der Waals surface area contributed by atoms with E-state index >= 15 is 4.39 Å². The van der Waals surface area contributed by atoms with Crippen LogP contribution in [0.1, 0.15) is 107 Å². The van der Waals surface area contributed by atoms with Gasteiger partial charge in [0, 0.05) is 47.1 Å². The second-order valence-corrected chi connectivity index (χ2v) is 19.0. The first-order valence-electron chi connectivity index (χ1n) is 22.7. The Kier molecular flexibility index (Phi) is 11.9. The van der Waals surface area contributed by atoms with Gasteiger partial charge in [0.2, 0.25) is 11.8 Å². The van der Waals surface area contributed by atoms with E-state index in [4.69, 9.17) is 0 Å². The molecule has 5 aromatic rings. The molecular weight excluding hydrogens is 846 g/mol. The van der Waals surface area contributed by atoms with E-state index < -0.39 is 29.7 Å². The minimum absolute atomic E-state index is 0.0577. The summed E-state index contributed by atoms with van der Waals surface area (Å²) in [6.07, 6.45) is 9.29. The molecule has 4 amide bonds. The fourth-order valence-electron chi connectivity index (χ4n) is 10.5. The van der Waals surface area contributed by atoms with Crippen molar-refractivity contribution in [3.8, 4) is 11.1 Å². The van der Waals surface area contributed by atoms with E-state index in [-0.39, 0.29) is 47.2 Å². The largest absolute Gasteiger partial charge is 0.374 e. The molecule has 0 bridgehead atoms. The van der Waals surface area contributed by atoms with E-state index in [2.05, 4.69) is 60.4 Å². The number of amides is 4. The van der Waals surface area contributed by atoms with Crippen molar-refractivity contribution < 1.29 is 28.4 Å². The van der Waals surface area contributed by atoms with Crippen molar-refractivity contribution in [3.05, 3.63) is 118 Å². The molecule has 3 saturated heterocycles. The van der Waals surface area contributed by atoms with E-state index in [0.717, 1.165) is 86.4 Å². The lowest BCUT2D eigenvalue weighted by Gasteiger charge is -2.34. The number of nitrogens with one attached hydrogen (secondary N) is 4. The number of aryl methyl sites for hydroxylation is 2. The smallest absolute Gasteiger partial charge is 0.255 e. The molecule has 65 heavy (non-hydrogen) atoms. The Morgan fingerprint density at radius 2 is 1.74 bits per heavy atom. The van der Waals surface area contributed by atoms with Gasteiger partial charge in [-0.3, -0.25) is 39.5 Å². The second-order valence-electron chi connectivity index (χ2n) is 18.1. The SMILES string of the molecule is Cc1cc(C2CCNC(C(=O)CN3CCC(c4ccc(NC5CCC(=O)NC5=O)cc4)CC3)C2)ccc1-c1cc(F)c2c(c1)C(=O)N(C(C(=O)Nc1nccs1)c1ncn3c1CCC3)C2. The van der Waals surface area contributed by atoms with Crippen molar-refractivity contribution in [2.75, 3.05) is 36.8 Å². The van der Waals surface area contributed by atoms with Crippen LogP contribution in [-0.4, -0.2) is 92.0 Å². The molecule has 7 heterocycles. The van der Waals surface area contributed by atoms with Crippen LogP contribution in [0.15, 0.2) is 72.5 Å². The zero-order chi connectivity index (χ0) is 44.8. The Bertz CT molecular complexity index is 2660. The zero-order valence-electron chi connectivity index (χ0n) is 36.3. The first-order valence-corrected chi connectivity index (χ1v) is 23.6. The number of fused-ring (bicyclic) bond motifs is 2. The molecule has 0 spiro atoms. The molecule has 5 aliphatic heterocycles. The number of hydrogen-bond donors (Lipinski definition) is 4. The monoisotopic (exact) mass is 897 g/mol. The summed E-state index contributed by atoms with van der Waals surface area (Å²) in [6.45, 7) is 5.55. The Labute approximate surface area is 380 Å². The van der Waals surface area contributed by atoms with Gasteiger partial charge in [-0.25, -0.2) is 14.4 Å². The maximum atomic E-state index is 16.1. The number of rotatable bonds is 12. The number of anilines is 2. The Balaban J connectivity index is 0.764. The van der Waals surface area contributed by atoms with E-state index in [1.807, 2.05) is 29.7 Å². The van der Waals surface area contributed by atoms with Crippen molar-refractivity contribution in [3.63, 3.8) is 0 Å². The lowest BCUT2D eigenvalue weighted by molar-refractivity contribution is -0.133. The maximum Gasteiger partial charge on any atom is 0.255 e. The number of imide groups is 1. The van der Waals surface area contributed by atoms with Crippen molar-refractivity contribution in [1.29, 1.82) is 0 Å². The van der Waals surface area contributed by atoms with Gasteiger partial charge >= 0.3 is 0 Å². The quantitative estimate of drug-likeness (QED) is 0.105. The third kappa shape index (κ3) is 8.74. The van der Waals surface area contributed by atoms with Crippen LogP contribution >= 0.6 is 11.3 Å². The van der Waals surface area contributed by atoms with Crippen molar-refractivity contribution in [2.24, 2.45) is 0 Å². The molecular formula is C49H52FN9O5S. The van der Waals surface area contributed by atoms with Gasteiger partial charge in [0.15, 0.2) is 17.0 Å². The van der Waals surface area contributed by atoms with E-state index in [1.54, 1.807) is 24.0 Å². The van der Waals surface area contributed by atoms with Gasteiger partial charge in [0.1, 0.15) is 11.9 Å². The van der Waals surface area contributed by atoms with E-state index in [0.29, 0.717) is 48.1 Å². The number of aromatic nitrogens is 3. The third-order valence-electron chi connectivity index (χ3n) is 14.0. The lowest BCUT2D eigenvalue weighted by Crippen LogP contribution is -2.48. The second kappa shape index (κ2) is 18.1. The maximum absolute atomic E-state index is 16.1. The highest BCUT2D eigenvalue weighted by atomic mass is 32.1. The number of benzene rings is 3. The summed E-state index contributed by atoms with van der Waals surface area (Å²) in [6, 6.07) is 15.9. The highest BCUT2D eigenvalue weighted by Crippen LogP contribution is 2.40. The van der Waals surface area contributed by atoms with Crippen LogP contribution in [0.3, 0.4) is 0 Å². The van der Waals surface area contributed by atoms with E-state index in [1.165, 1.54) is 27.9 Å². The standard InChI is InChI=1S/C49H52FN9O5S/c1-28-21-31(32-12-15-51-40(24-32)42(60)26-57-18-13-30(14-19-57)29-4-7-34(8-5-29)54-39-10-11-43(61)55-46(39)62)6-9-35(28)33-22-36-37(38(50)23-33)25-59(48(36)64)45(47(63)56-49-52-16-20-65-49)44-41-3-2-17-58(41)27-53-44/h4-9,16,20-23,27,30,32,39-40,45,51,54H,2-3,10-15,17-19,24-26H2,1H3,(H,52,56,63)(H,55,61,62). The fraction of sp³-hybridized carbons (Fsp3) is 0.408. The number of nitrogens with zero attached hydrogens (tertiary/aromatic N) is 5. The van der Waals surface area contributed by atoms with Gasteiger partial charge in [-0.2, -0.15) is 0 Å². The molecule has 4 N–H and O–H groups in total. The predicted molar refractivity (Wildman–Crippen MR) is 244 cm³/mol. The summed E-state index contributed by atoms with van der Waals surface area (Å²) in [5, 5.41) is 14.1. The fourth-order valence-corrected chi connectivity index (χ4v) is 11.1. The number of halogens is 1. The van der Waals surface area contributed by atoms with Crippen molar-refractivity contribution in [2.45, 2.75) is 101 Å². The summed E-state index contributed by atoms with van der Waals surface area (Å²) in [4.78, 5) is 78.1. The van der Waals surface area contributed by atoms with Crippen molar-refractivity contribution >= 4 is 51.6 Å². The predicted octanol–water partition coefficient (Wildman–Crippen LogP) is 6.24. The number of Topliss-reactive ketones (excluding diaryl/α,β-unsaturated/α-hetero) is 1. The first kappa shape index (κ1) is 42.8. The number of hydrogen-bond acceptors (Lipinski definition) is 11. The molecule has 3 fully saturated rings. The van der Waals surface area contributed by atoms with Gasteiger partial charge in [-0.15, -0.1) is 11.3 Å². The molecule has 5 aliphatic rings. The van der Waals surface area contributed by atoms with Crippen LogP contribution in [0, 0.1) is 12.7 Å². The Morgan fingerprint density at radius 3 is 2.51 bits per heavy atom. The number of piperidine rings is 3. The molecule has 336 valence electrons. The summed E-state index contributed by atoms with van der Waals surface area (Å²) in [7, 11) is 0. The number of likely N-dealkylation sites (tertiary alicyclic amines) is 1. The minimum atomic E-state index is -1.06. The van der Waals surface area contributed by atoms with E-state index in [9.17, 15) is 24.0 Å². The first-order chi connectivity index (χ1) is 31.6. The summed E-state index contributed by atoms with van der Waals surface area (Å²) >= 11 is 1.28. The molecule has 4 unspecified atom stereocenters. The molecule has 0 radical (unpaired) electrons. The minimum Gasteiger partial charge on any atom is -0.374 e. The summed E-state index contributed by atoms with van der Waals surface area (Å²) in [5.74, 6) is -1.09. The number of carbonyl (C=O) groups excluding carboxylic acids is 5. The molecule has 0 aliphatic carbocycles. The zero-order valence-corrected chi connectivity index (χ0v) is 37.1. The number of thiazole rings is 1. The van der Waals surface area contributed by atoms with Crippen molar-refractivity contribution in [1.82, 2.24) is 35.0 Å². The molecule has 2 aromatic heterocycles. The molecule has 4 atom stereocenters. The molecule has 3 aromatic carbocycles. The Hall–Kier alpha value is -6.10. The lowest BCUT2D eigenvalue weighted by atomic mass is 9.83. The summed E-state index contributed by atoms with van der Waals surface area (Å²) < 4.78 is 18.1. The highest BCUT2D eigenvalue weighted by Gasteiger charge is 2.42. The van der Waals surface area contributed by atoms with Gasteiger partial charge in [-0.1, -0.05) is 30.3 Å². The van der Waals surface area contributed by atoms with Crippen LogP contribution in [-0.2, 0) is 38.7 Å². The van der Waals surface area contributed by atoms with Gasteiger partial charge < -0.3 is 20.1 Å². The molecule has 16 heteroatoms. The normalized spacial score (nSPS) is 21.8. The van der Waals surface area contributed by atoms with Gasteiger partial charge in [0.05, 0.1) is 31.2 Å². The van der Waals surface area contributed by atoms with Gasteiger partial charge in [0.25, 0.3) is 11.8 Å². The van der Waals surface area contributed by atoms with Crippen LogP contribution in [0.4, 0.5) is 15.2 Å². The molecule has 10 rings (SSSR count). The average Bonchev–Trinajstić information content (AvgIpc) is 4.13. The topological polar surface area (TPSA) is 171 Å². The molecule has 14 nitrogen and oxygen atoms in total. The van der Waals surface area contributed by atoms with Crippen LogP contribution in [0.25, 0.3) is 11.1 Å². The number of carbonyl (C=O) groups is 5. The summed E-state index contributed by atoms with van der Waals surface area (Å²) in [5.41, 5.74) is 7.51. The Morgan fingerprint density at radius 1 is 0.923 bits per heavy atom. The van der Waals surface area contributed by atoms with Crippen LogP contribution < -0.4 is 21.3 Å². The highest BCUT2D eigenvalue weighted by molar-refractivity contribution is 7.13.